The number of hydrogen-bond donors (Lipinski definition) is 1. The van der Waals surface area contributed by atoms with Crippen LogP contribution in [0.4, 0.5) is 5.69 Å². The molecule has 1 aromatic rings. The van der Waals surface area contributed by atoms with Crippen molar-refractivity contribution < 1.29 is 0 Å². The number of nitrogens with zero attached hydrogens (tertiary/aromatic N) is 1. The number of anilines is 1. The second-order valence-electron chi connectivity index (χ2n) is 3.84. The Balaban J connectivity index is 1.95. The molecular formula is C11H16N2. The quantitative estimate of drug-likeness (QED) is 0.765. The number of pyridine rings is 1. The summed E-state index contributed by atoms with van der Waals surface area (Å²) in [6.45, 7) is 4.28. The smallest absolute Gasteiger partial charge is 0.0393 e. The van der Waals surface area contributed by atoms with E-state index in [1.165, 1.54) is 18.5 Å². The van der Waals surface area contributed by atoms with Gasteiger partial charge in [-0.15, -0.1) is 0 Å². The van der Waals surface area contributed by atoms with Crippen LogP contribution in [0.25, 0.3) is 0 Å². The van der Waals surface area contributed by atoms with Crippen LogP contribution in [0, 0.1) is 12.8 Å². The van der Waals surface area contributed by atoms with Crippen molar-refractivity contribution in [3.05, 3.63) is 24.0 Å². The van der Waals surface area contributed by atoms with E-state index < -0.39 is 0 Å². The van der Waals surface area contributed by atoms with Crippen LogP contribution in [0.15, 0.2) is 18.3 Å². The Morgan fingerprint density at radius 2 is 2.46 bits per heavy atom. The SMILES string of the molecule is CCC1CC1Nc1ccnc(C)c1. The minimum atomic E-state index is 0.715. The summed E-state index contributed by atoms with van der Waals surface area (Å²) in [4.78, 5) is 4.17. The molecule has 2 unspecified atom stereocenters. The van der Waals surface area contributed by atoms with Gasteiger partial charge in [0, 0.05) is 23.6 Å². The largest absolute Gasteiger partial charge is 0.382 e. The lowest BCUT2D eigenvalue weighted by atomic mass is 10.3. The fourth-order valence-corrected chi connectivity index (χ4v) is 1.72. The first-order chi connectivity index (χ1) is 6.29. The number of aromatic nitrogens is 1. The summed E-state index contributed by atoms with van der Waals surface area (Å²) >= 11 is 0. The first-order valence-electron chi connectivity index (χ1n) is 4.99. The molecule has 1 aliphatic rings. The lowest BCUT2D eigenvalue weighted by molar-refractivity contribution is 0.775. The lowest BCUT2D eigenvalue weighted by Crippen LogP contribution is -2.04. The first-order valence-corrected chi connectivity index (χ1v) is 4.99. The topological polar surface area (TPSA) is 24.9 Å². The molecule has 0 radical (unpaired) electrons. The van der Waals surface area contributed by atoms with Gasteiger partial charge in [-0.05, 0) is 31.4 Å². The Morgan fingerprint density at radius 3 is 3.08 bits per heavy atom. The lowest BCUT2D eigenvalue weighted by Gasteiger charge is -2.05. The Bertz CT molecular complexity index is 296. The molecule has 70 valence electrons. The molecule has 1 heterocycles. The van der Waals surface area contributed by atoms with E-state index in [2.05, 4.69) is 23.3 Å². The maximum Gasteiger partial charge on any atom is 0.0393 e. The maximum absolute atomic E-state index is 4.17. The van der Waals surface area contributed by atoms with Gasteiger partial charge < -0.3 is 5.32 Å². The molecule has 1 fully saturated rings. The van der Waals surface area contributed by atoms with Crippen molar-refractivity contribution in [1.29, 1.82) is 0 Å². The van der Waals surface area contributed by atoms with Crippen molar-refractivity contribution in [3.63, 3.8) is 0 Å². The molecule has 0 aliphatic heterocycles. The predicted octanol–water partition coefficient (Wildman–Crippen LogP) is 2.60. The van der Waals surface area contributed by atoms with Crippen LogP contribution in [-0.4, -0.2) is 11.0 Å². The van der Waals surface area contributed by atoms with Gasteiger partial charge in [0.2, 0.25) is 0 Å². The molecule has 0 saturated heterocycles. The number of hydrogen-bond acceptors (Lipinski definition) is 2. The average Bonchev–Trinajstić information content (AvgIpc) is 2.83. The van der Waals surface area contributed by atoms with Gasteiger partial charge in [0.05, 0.1) is 0 Å². The summed E-state index contributed by atoms with van der Waals surface area (Å²) in [5.41, 5.74) is 2.30. The molecule has 1 aromatic heterocycles. The molecule has 2 nitrogen and oxygen atoms in total. The minimum absolute atomic E-state index is 0.715. The van der Waals surface area contributed by atoms with Crippen LogP contribution >= 0.6 is 0 Å². The summed E-state index contributed by atoms with van der Waals surface area (Å²) in [7, 11) is 0. The van der Waals surface area contributed by atoms with Crippen molar-refractivity contribution in [2.24, 2.45) is 5.92 Å². The Kier molecular flexibility index (Phi) is 2.21. The molecule has 0 amide bonds. The van der Waals surface area contributed by atoms with E-state index in [-0.39, 0.29) is 0 Å². The third-order valence-corrected chi connectivity index (χ3v) is 2.70. The third-order valence-electron chi connectivity index (χ3n) is 2.70. The summed E-state index contributed by atoms with van der Waals surface area (Å²) in [5, 5.41) is 3.52. The molecule has 2 atom stereocenters. The molecule has 1 N–H and O–H groups in total. The fraction of sp³-hybridized carbons (Fsp3) is 0.545. The van der Waals surface area contributed by atoms with E-state index in [9.17, 15) is 0 Å². The molecule has 2 heteroatoms. The minimum Gasteiger partial charge on any atom is -0.382 e. The summed E-state index contributed by atoms with van der Waals surface area (Å²) in [6.07, 6.45) is 4.49. The highest BCUT2D eigenvalue weighted by Crippen LogP contribution is 2.35. The predicted molar refractivity (Wildman–Crippen MR) is 54.8 cm³/mol. The van der Waals surface area contributed by atoms with Crippen LogP contribution in [-0.2, 0) is 0 Å². The van der Waals surface area contributed by atoms with Gasteiger partial charge in [-0.1, -0.05) is 13.3 Å². The molecule has 0 bridgehead atoms. The van der Waals surface area contributed by atoms with Gasteiger partial charge in [-0.2, -0.15) is 0 Å². The van der Waals surface area contributed by atoms with Gasteiger partial charge in [0.15, 0.2) is 0 Å². The summed E-state index contributed by atoms with van der Waals surface area (Å²) < 4.78 is 0. The van der Waals surface area contributed by atoms with Gasteiger partial charge in [0.25, 0.3) is 0 Å². The molecular weight excluding hydrogens is 160 g/mol. The van der Waals surface area contributed by atoms with E-state index in [1.807, 2.05) is 19.2 Å². The van der Waals surface area contributed by atoms with E-state index in [1.54, 1.807) is 0 Å². The van der Waals surface area contributed by atoms with Crippen LogP contribution in [0.5, 0.6) is 0 Å². The normalized spacial score (nSPS) is 25.7. The van der Waals surface area contributed by atoms with E-state index >= 15 is 0 Å². The number of nitrogens with one attached hydrogen (secondary N) is 1. The van der Waals surface area contributed by atoms with Crippen LogP contribution < -0.4 is 5.32 Å². The van der Waals surface area contributed by atoms with Crippen molar-refractivity contribution in [3.8, 4) is 0 Å². The fourth-order valence-electron chi connectivity index (χ4n) is 1.72. The molecule has 2 rings (SSSR count). The van der Waals surface area contributed by atoms with E-state index in [4.69, 9.17) is 0 Å². The van der Waals surface area contributed by atoms with Crippen LogP contribution in [0.3, 0.4) is 0 Å². The van der Waals surface area contributed by atoms with Gasteiger partial charge in [-0.3, -0.25) is 4.98 Å². The molecule has 1 saturated carbocycles. The molecule has 1 aliphatic carbocycles. The second kappa shape index (κ2) is 3.36. The molecule has 13 heavy (non-hydrogen) atoms. The van der Waals surface area contributed by atoms with Gasteiger partial charge in [0.1, 0.15) is 0 Å². The molecule has 0 spiro atoms. The first kappa shape index (κ1) is 8.54. The standard InChI is InChI=1S/C11H16N2/c1-3-9-7-11(9)13-10-4-5-12-8(2)6-10/h4-6,9,11H,3,7H2,1-2H3,(H,12,13). The third kappa shape index (κ3) is 2.00. The zero-order valence-corrected chi connectivity index (χ0v) is 8.25. The highest BCUT2D eigenvalue weighted by Gasteiger charge is 2.34. The van der Waals surface area contributed by atoms with E-state index in [0.29, 0.717) is 6.04 Å². The zero-order chi connectivity index (χ0) is 9.26. The summed E-state index contributed by atoms with van der Waals surface area (Å²) in [6, 6.07) is 4.86. The number of rotatable bonds is 3. The highest BCUT2D eigenvalue weighted by molar-refractivity contribution is 5.45. The van der Waals surface area contributed by atoms with Crippen LogP contribution in [0.2, 0.25) is 0 Å². The van der Waals surface area contributed by atoms with Crippen LogP contribution in [0.1, 0.15) is 25.5 Å². The Hall–Kier alpha value is -1.05. The second-order valence-corrected chi connectivity index (χ2v) is 3.84. The van der Waals surface area contributed by atoms with Gasteiger partial charge in [-0.25, -0.2) is 0 Å². The van der Waals surface area contributed by atoms with E-state index in [0.717, 1.165) is 11.6 Å². The Labute approximate surface area is 79.4 Å². The average molecular weight is 176 g/mol. The van der Waals surface area contributed by atoms with Gasteiger partial charge >= 0.3 is 0 Å². The van der Waals surface area contributed by atoms with Crippen molar-refractivity contribution in [2.75, 3.05) is 5.32 Å². The van der Waals surface area contributed by atoms with Crippen molar-refractivity contribution >= 4 is 5.69 Å². The highest BCUT2D eigenvalue weighted by atomic mass is 15.0. The molecule has 0 aromatic carbocycles. The maximum atomic E-state index is 4.17. The monoisotopic (exact) mass is 176 g/mol. The number of aryl methyl sites for hydroxylation is 1. The van der Waals surface area contributed by atoms with Crippen molar-refractivity contribution in [2.45, 2.75) is 32.7 Å². The van der Waals surface area contributed by atoms with Crippen molar-refractivity contribution in [1.82, 2.24) is 4.98 Å². The Morgan fingerprint density at radius 1 is 1.62 bits per heavy atom. The summed E-state index contributed by atoms with van der Waals surface area (Å²) in [5.74, 6) is 0.897. The zero-order valence-electron chi connectivity index (χ0n) is 8.25.